The van der Waals surface area contributed by atoms with Crippen LogP contribution in [-0.2, 0) is 17.9 Å². The average molecular weight is 352 g/mol. The van der Waals surface area contributed by atoms with Crippen molar-refractivity contribution in [2.45, 2.75) is 20.0 Å². The Morgan fingerprint density at radius 2 is 1.96 bits per heavy atom. The summed E-state index contributed by atoms with van der Waals surface area (Å²) in [6.07, 6.45) is 1.27. The first-order valence-electron chi connectivity index (χ1n) is 7.90. The number of benzene rings is 2. The van der Waals surface area contributed by atoms with Gasteiger partial charge < -0.3 is 5.32 Å². The van der Waals surface area contributed by atoms with Crippen molar-refractivity contribution in [2.24, 2.45) is 0 Å². The van der Waals surface area contributed by atoms with Gasteiger partial charge in [0.05, 0.1) is 22.2 Å². The Kier molecular flexibility index (Phi) is 4.74. The molecule has 0 fully saturated rings. The van der Waals surface area contributed by atoms with E-state index in [-0.39, 0.29) is 23.5 Å². The fourth-order valence-corrected chi connectivity index (χ4v) is 2.49. The van der Waals surface area contributed by atoms with Gasteiger partial charge in [0.15, 0.2) is 0 Å². The van der Waals surface area contributed by atoms with E-state index in [0.29, 0.717) is 12.1 Å². The van der Waals surface area contributed by atoms with Gasteiger partial charge >= 0.3 is 0 Å². The third-order valence-corrected chi connectivity index (χ3v) is 3.94. The molecule has 1 aromatic heterocycles. The molecule has 1 heterocycles. The van der Waals surface area contributed by atoms with E-state index < -0.39 is 10.5 Å². The first-order valence-corrected chi connectivity index (χ1v) is 7.90. The predicted octanol–water partition coefficient (Wildman–Crippen LogP) is 1.93. The summed E-state index contributed by atoms with van der Waals surface area (Å²) in [4.78, 5) is 39.0. The summed E-state index contributed by atoms with van der Waals surface area (Å²) in [7, 11) is 0. The molecule has 132 valence electrons. The van der Waals surface area contributed by atoms with Crippen molar-refractivity contribution >= 4 is 22.5 Å². The Bertz CT molecular complexity index is 1040. The van der Waals surface area contributed by atoms with Crippen molar-refractivity contribution in [3.05, 3.63) is 80.4 Å². The highest BCUT2D eigenvalue weighted by Crippen LogP contribution is 2.16. The molecule has 3 rings (SSSR count). The van der Waals surface area contributed by atoms with Crippen LogP contribution in [0.3, 0.4) is 0 Å². The number of non-ortho nitro benzene ring substituents is 1. The lowest BCUT2D eigenvalue weighted by atomic mass is 10.1. The average Bonchev–Trinajstić information content (AvgIpc) is 2.63. The smallest absolute Gasteiger partial charge is 0.270 e. The van der Waals surface area contributed by atoms with Gasteiger partial charge in [-0.2, -0.15) is 0 Å². The van der Waals surface area contributed by atoms with Gasteiger partial charge in [-0.05, 0) is 18.6 Å². The first-order chi connectivity index (χ1) is 12.4. The molecule has 8 nitrogen and oxygen atoms in total. The molecule has 1 amide bonds. The van der Waals surface area contributed by atoms with Crippen LogP contribution in [0.5, 0.6) is 0 Å². The van der Waals surface area contributed by atoms with E-state index in [1.165, 1.54) is 24.5 Å². The Labute approximate surface area is 148 Å². The fourth-order valence-electron chi connectivity index (χ4n) is 2.49. The number of nitrogens with one attached hydrogen (secondary N) is 1. The van der Waals surface area contributed by atoms with Crippen LogP contribution in [-0.4, -0.2) is 20.4 Å². The molecule has 26 heavy (non-hydrogen) atoms. The lowest BCUT2D eigenvalue weighted by Crippen LogP contribution is -2.32. The summed E-state index contributed by atoms with van der Waals surface area (Å²) in [5.41, 5.74) is 1.73. The summed E-state index contributed by atoms with van der Waals surface area (Å²) < 4.78 is 1.14. The van der Waals surface area contributed by atoms with Crippen LogP contribution in [0.15, 0.2) is 53.6 Å². The fraction of sp³-hybridized carbons (Fsp3) is 0.167. The number of nitro benzene ring substituents is 1. The first kappa shape index (κ1) is 17.3. The molecule has 1 N–H and O–H groups in total. The number of fused-ring (bicyclic) bond motifs is 1. The minimum Gasteiger partial charge on any atom is -0.350 e. The van der Waals surface area contributed by atoms with Gasteiger partial charge in [0, 0.05) is 18.7 Å². The van der Waals surface area contributed by atoms with Crippen LogP contribution in [0.1, 0.15) is 11.1 Å². The van der Waals surface area contributed by atoms with Gasteiger partial charge in [0.2, 0.25) is 5.91 Å². The number of nitro groups is 1. The maximum Gasteiger partial charge on any atom is 0.270 e. The van der Waals surface area contributed by atoms with Gasteiger partial charge in [-0.1, -0.05) is 29.8 Å². The number of carbonyl (C=O) groups excluding carboxylic acids is 1. The highest BCUT2D eigenvalue weighted by Gasteiger charge is 2.12. The third kappa shape index (κ3) is 3.75. The number of aryl methyl sites for hydroxylation is 1. The second-order valence-electron chi connectivity index (χ2n) is 5.90. The van der Waals surface area contributed by atoms with Crippen LogP contribution in [0.2, 0.25) is 0 Å². The topological polar surface area (TPSA) is 107 Å². The normalized spacial score (nSPS) is 10.7. The third-order valence-electron chi connectivity index (χ3n) is 3.94. The lowest BCUT2D eigenvalue weighted by molar-refractivity contribution is -0.384. The summed E-state index contributed by atoms with van der Waals surface area (Å²) >= 11 is 0. The number of amides is 1. The molecule has 0 aliphatic rings. The molecular weight excluding hydrogens is 336 g/mol. The number of rotatable bonds is 5. The van der Waals surface area contributed by atoms with Crippen LogP contribution in [0, 0.1) is 17.0 Å². The van der Waals surface area contributed by atoms with E-state index in [2.05, 4.69) is 10.3 Å². The van der Waals surface area contributed by atoms with Crippen molar-refractivity contribution in [3.63, 3.8) is 0 Å². The van der Waals surface area contributed by atoms with Crippen LogP contribution >= 0.6 is 0 Å². The molecule has 3 aromatic rings. The zero-order valence-corrected chi connectivity index (χ0v) is 14.0. The molecule has 0 spiro atoms. The number of hydrogen-bond acceptors (Lipinski definition) is 5. The number of hydrogen-bond donors (Lipinski definition) is 1. The Hall–Kier alpha value is -3.55. The number of carbonyl (C=O) groups is 1. The number of nitrogens with zero attached hydrogens (tertiary/aromatic N) is 3. The largest absolute Gasteiger partial charge is 0.350 e. The molecule has 0 aliphatic heterocycles. The van der Waals surface area contributed by atoms with E-state index in [0.717, 1.165) is 15.7 Å². The van der Waals surface area contributed by atoms with Crippen LogP contribution in [0.25, 0.3) is 10.9 Å². The zero-order chi connectivity index (χ0) is 18.7. The van der Waals surface area contributed by atoms with Gasteiger partial charge in [-0.15, -0.1) is 0 Å². The Morgan fingerprint density at radius 1 is 1.23 bits per heavy atom. The van der Waals surface area contributed by atoms with Crippen molar-refractivity contribution < 1.29 is 9.72 Å². The second-order valence-corrected chi connectivity index (χ2v) is 5.90. The standard InChI is InChI=1S/C18H16N4O4/c1-12-2-4-13(5-3-12)9-19-17(23)10-21-11-20-16-7-6-14(22(25)26)8-15(16)18(21)24/h2-8,11H,9-10H2,1H3,(H,19,23). The van der Waals surface area contributed by atoms with Crippen LogP contribution in [0.4, 0.5) is 5.69 Å². The molecular formula is C18H16N4O4. The summed E-state index contributed by atoms with van der Waals surface area (Å²) in [6.45, 7) is 2.11. The van der Waals surface area contributed by atoms with E-state index >= 15 is 0 Å². The van der Waals surface area contributed by atoms with Gasteiger partial charge in [-0.3, -0.25) is 24.3 Å². The van der Waals surface area contributed by atoms with Crippen LogP contribution < -0.4 is 10.9 Å². The molecule has 0 radical (unpaired) electrons. The molecule has 0 saturated heterocycles. The molecule has 0 saturated carbocycles. The Balaban J connectivity index is 1.76. The molecule has 8 heteroatoms. The van der Waals surface area contributed by atoms with E-state index in [9.17, 15) is 19.7 Å². The lowest BCUT2D eigenvalue weighted by Gasteiger charge is -2.08. The van der Waals surface area contributed by atoms with E-state index in [1.54, 1.807) is 0 Å². The minimum atomic E-state index is -0.579. The minimum absolute atomic E-state index is 0.105. The van der Waals surface area contributed by atoms with Crippen molar-refractivity contribution in [3.8, 4) is 0 Å². The second kappa shape index (κ2) is 7.14. The maximum absolute atomic E-state index is 12.5. The van der Waals surface area contributed by atoms with E-state index in [4.69, 9.17) is 0 Å². The quantitative estimate of drug-likeness (QED) is 0.558. The van der Waals surface area contributed by atoms with Gasteiger partial charge in [-0.25, -0.2) is 4.98 Å². The molecule has 0 bridgehead atoms. The Morgan fingerprint density at radius 3 is 2.65 bits per heavy atom. The monoisotopic (exact) mass is 352 g/mol. The van der Waals surface area contributed by atoms with E-state index in [1.807, 2.05) is 31.2 Å². The van der Waals surface area contributed by atoms with Crippen molar-refractivity contribution in [1.82, 2.24) is 14.9 Å². The van der Waals surface area contributed by atoms with Crippen molar-refractivity contribution in [2.75, 3.05) is 0 Å². The summed E-state index contributed by atoms with van der Waals surface area (Å²) in [5.74, 6) is -0.348. The molecule has 0 aliphatic carbocycles. The van der Waals surface area contributed by atoms with Gasteiger partial charge in [0.1, 0.15) is 6.54 Å². The van der Waals surface area contributed by atoms with Gasteiger partial charge in [0.25, 0.3) is 11.2 Å². The molecule has 2 aromatic carbocycles. The highest BCUT2D eigenvalue weighted by atomic mass is 16.6. The summed E-state index contributed by atoms with van der Waals surface area (Å²) in [6, 6.07) is 11.6. The number of aromatic nitrogens is 2. The summed E-state index contributed by atoms with van der Waals surface area (Å²) in [5, 5.41) is 13.7. The van der Waals surface area contributed by atoms with Crippen molar-refractivity contribution in [1.29, 1.82) is 0 Å². The molecule has 0 unspecified atom stereocenters. The highest BCUT2D eigenvalue weighted by molar-refractivity contribution is 5.80. The SMILES string of the molecule is Cc1ccc(CNC(=O)Cn2cnc3ccc([N+](=O)[O-])cc3c2=O)cc1. The maximum atomic E-state index is 12.5. The predicted molar refractivity (Wildman–Crippen MR) is 95.7 cm³/mol. The molecule has 0 atom stereocenters. The zero-order valence-electron chi connectivity index (χ0n) is 14.0.